The highest BCUT2D eigenvalue weighted by molar-refractivity contribution is 6.14. The monoisotopic (exact) mass is 314 g/mol. The van der Waals surface area contributed by atoms with E-state index in [0.717, 1.165) is 0 Å². The summed E-state index contributed by atoms with van der Waals surface area (Å²) in [7, 11) is 0. The summed E-state index contributed by atoms with van der Waals surface area (Å²) in [5, 5.41) is 17.1. The van der Waals surface area contributed by atoms with Crippen LogP contribution >= 0.6 is 0 Å². The molecule has 0 atom stereocenters. The highest BCUT2D eigenvalue weighted by Crippen LogP contribution is 2.18. The fraction of sp³-hybridized carbons (Fsp3) is 0. The van der Waals surface area contributed by atoms with E-state index in [-0.39, 0.29) is 11.1 Å². The first kappa shape index (κ1) is 15.9. The SMILES string of the molecule is O=C(O)c1ccccc1C(=O)O.O=C1OC(=O)c2ccccc21. The Hall–Kier alpha value is -3.48. The van der Waals surface area contributed by atoms with Crippen molar-refractivity contribution in [3.63, 3.8) is 0 Å². The van der Waals surface area contributed by atoms with Gasteiger partial charge in [-0.15, -0.1) is 0 Å². The van der Waals surface area contributed by atoms with E-state index in [9.17, 15) is 19.2 Å². The number of fused-ring (bicyclic) bond motifs is 1. The maximum Gasteiger partial charge on any atom is 0.346 e. The zero-order valence-corrected chi connectivity index (χ0v) is 11.6. The molecule has 3 rings (SSSR count). The van der Waals surface area contributed by atoms with Crippen molar-refractivity contribution in [2.75, 3.05) is 0 Å². The number of cyclic esters (lactones) is 2. The second kappa shape index (κ2) is 6.52. The molecule has 23 heavy (non-hydrogen) atoms. The number of benzene rings is 2. The second-order valence-corrected chi connectivity index (χ2v) is 4.38. The van der Waals surface area contributed by atoms with Gasteiger partial charge in [-0.3, -0.25) is 0 Å². The Kier molecular flexibility index (Phi) is 4.51. The topological polar surface area (TPSA) is 118 Å². The van der Waals surface area contributed by atoms with Gasteiger partial charge in [0.2, 0.25) is 0 Å². The maximum atomic E-state index is 10.8. The van der Waals surface area contributed by atoms with Crippen molar-refractivity contribution in [3.05, 3.63) is 70.8 Å². The average Bonchev–Trinajstić information content (AvgIpc) is 2.83. The molecule has 0 bridgehead atoms. The third kappa shape index (κ3) is 3.41. The lowest BCUT2D eigenvalue weighted by Gasteiger charge is -1.98. The molecule has 0 saturated carbocycles. The van der Waals surface area contributed by atoms with E-state index in [1.165, 1.54) is 24.3 Å². The Morgan fingerprint density at radius 2 is 1.04 bits per heavy atom. The molecular formula is C16H10O7. The number of carboxylic acids is 2. The van der Waals surface area contributed by atoms with Crippen molar-refractivity contribution in [2.45, 2.75) is 0 Å². The number of aromatic carboxylic acids is 2. The van der Waals surface area contributed by atoms with Gasteiger partial charge >= 0.3 is 23.9 Å². The normalized spacial score (nSPS) is 11.8. The van der Waals surface area contributed by atoms with Crippen molar-refractivity contribution in [2.24, 2.45) is 0 Å². The quantitative estimate of drug-likeness (QED) is 0.643. The van der Waals surface area contributed by atoms with Crippen LogP contribution in [0.1, 0.15) is 41.4 Å². The first-order chi connectivity index (χ1) is 10.9. The van der Waals surface area contributed by atoms with Crippen LogP contribution in [0.4, 0.5) is 0 Å². The molecule has 7 heteroatoms. The van der Waals surface area contributed by atoms with Gasteiger partial charge in [-0.05, 0) is 24.3 Å². The third-order valence-electron chi connectivity index (χ3n) is 2.94. The lowest BCUT2D eigenvalue weighted by atomic mass is 10.1. The van der Waals surface area contributed by atoms with Gasteiger partial charge in [0.05, 0.1) is 22.3 Å². The maximum absolute atomic E-state index is 10.8. The number of carbonyl (C=O) groups is 4. The van der Waals surface area contributed by atoms with Crippen molar-refractivity contribution in [1.82, 2.24) is 0 Å². The number of ether oxygens (including phenoxy) is 1. The summed E-state index contributed by atoms with van der Waals surface area (Å²) in [5.74, 6) is -3.56. The molecule has 2 aromatic rings. The van der Waals surface area contributed by atoms with Gasteiger partial charge in [0.15, 0.2) is 0 Å². The van der Waals surface area contributed by atoms with Crippen LogP contribution < -0.4 is 0 Å². The third-order valence-corrected chi connectivity index (χ3v) is 2.94. The Labute approximate surface area is 129 Å². The molecule has 0 fully saturated rings. The highest BCUT2D eigenvalue weighted by atomic mass is 16.6. The van der Waals surface area contributed by atoms with Crippen molar-refractivity contribution in [3.8, 4) is 0 Å². The molecule has 2 aromatic carbocycles. The zero-order chi connectivity index (χ0) is 17.0. The summed E-state index contributed by atoms with van der Waals surface area (Å²) in [6.45, 7) is 0. The van der Waals surface area contributed by atoms with E-state index in [1.54, 1.807) is 24.3 Å². The van der Waals surface area contributed by atoms with Crippen LogP contribution in [0, 0.1) is 0 Å². The predicted octanol–water partition coefficient (Wildman–Crippen LogP) is 2.08. The fourth-order valence-corrected chi connectivity index (χ4v) is 1.89. The van der Waals surface area contributed by atoms with Crippen molar-refractivity contribution < 1.29 is 34.1 Å². The minimum atomic E-state index is -1.23. The zero-order valence-electron chi connectivity index (χ0n) is 11.6. The molecule has 0 radical (unpaired) electrons. The molecular weight excluding hydrogens is 304 g/mol. The van der Waals surface area contributed by atoms with Gasteiger partial charge in [0.25, 0.3) is 0 Å². The Morgan fingerprint density at radius 3 is 1.39 bits per heavy atom. The van der Waals surface area contributed by atoms with E-state index in [2.05, 4.69) is 4.74 Å². The second-order valence-electron chi connectivity index (χ2n) is 4.38. The molecule has 0 aromatic heterocycles. The molecule has 0 amide bonds. The van der Waals surface area contributed by atoms with Crippen LogP contribution in [0.15, 0.2) is 48.5 Å². The Balaban J connectivity index is 0.000000167. The predicted molar refractivity (Wildman–Crippen MR) is 76.5 cm³/mol. The molecule has 0 aliphatic carbocycles. The molecule has 0 unspecified atom stereocenters. The first-order valence-corrected chi connectivity index (χ1v) is 6.33. The van der Waals surface area contributed by atoms with E-state index in [1.807, 2.05) is 0 Å². The van der Waals surface area contributed by atoms with E-state index in [4.69, 9.17) is 10.2 Å². The van der Waals surface area contributed by atoms with Crippen LogP contribution in [-0.4, -0.2) is 34.1 Å². The molecule has 116 valence electrons. The number of rotatable bonds is 2. The first-order valence-electron chi connectivity index (χ1n) is 6.33. The van der Waals surface area contributed by atoms with Gasteiger partial charge in [-0.2, -0.15) is 0 Å². The molecule has 7 nitrogen and oxygen atoms in total. The summed E-state index contributed by atoms with van der Waals surface area (Å²) < 4.78 is 4.35. The lowest BCUT2D eigenvalue weighted by molar-refractivity contribution is 0.0442. The van der Waals surface area contributed by atoms with E-state index < -0.39 is 23.9 Å². The van der Waals surface area contributed by atoms with Gasteiger partial charge in [0, 0.05) is 0 Å². The number of hydrogen-bond acceptors (Lipinski definition) is 5. The Morgan fingerprint density at radius 1 is 0.696 bits per heavy atom. The molecule has 1 aliphatic heterocycles. The standard InChI is InChI=1S/C8H6O4.C8H4O3/c9-7(10)5-3-1-2-4-6(5)8(11)12;9-7-5-3-1-2-4-6(5)8(10)11-7/h1-4H,(H,9,10)(H,11,12);1-4H. The van der Waals surface area contributed by atoms with Crippen LogP contribution in [0.5, 0.6) is 0 Å². The number of carbonyl (C=O) groups excluding carboxylic acids is 2. The van der Waals surface area contributed by atoms with Crippen molar-refractivity contribution >= 4 is 23.9 Å². The number of carboxylic acid groups (broad SMARTS) is 2. The summed E-state index contributed by atoms with van der Waals surface area (Å²) in [6.07, 6.45) is 0. The van der Waals surface area contributed by atoms with Crippen LogP contribution in [0.3, 0.4) is 0 Å². The average molecular weight is 314 g/mol. The Bertz CT molecular complexity index is 742. The largest absolute Gasteiger partial charge is 0.478 e. The summed E-state index contributed by atoms with van der Waals surface area (Å²) in [5.41, 5.74) is 0.338. The van der Waals surface area contributed by atoms with E-state index in [0.29, 0.717) is 11.1 Å². The highest BCUT2D eigenvalue weighted by Gasteiger charge is 2.28. The summed E-state index contributed by atoms with van der Waals surface area (Å²) >= 11 is 0. The smallest absolute Gasteiger partial charge is 0.346 e. The molecule has 0 spiro atoms. The molecule has 2 N–H and O–H groups in total. The fourth-order valence-electron chi connectivity index (χ4n) is 1.89. The van der Waals surface area contributed by atoms with E-state index >= 15 is 0 Å². The van der Waals surface area contributed by atoms with Gasteiger partial charge < -0.3 is 14.9 Å². The minimum absolute atomic E-state index is 0.190. The lowest BCUT2D eigenvalue weighted by Crippen LogP contribution is -2.06. The van der Waals surface area contributed by atoms with Crippen LogP contribution in [0.25, 0.3) is 0 Å². The number of hydrogen-bond donors (Lipinski definition) is 2. The number of esters is 2. The summed E-state index contributed by atoms with van der Waals surface area (Å²) in [6, 6.07) is 12.0. The molecule has 0 saturated heterocycles. The van der Waals surface area contributed by atoms with Crippen molar-refractivity contribution in [1.29, 1.82) is 0 Å². The van der Waals surface area contributed by atoms with Gasteiger partial charge in [0.1, 0.15) is 0 Å². The molecule has 1 heterocycles. The van der Waals surface area contributed by atoms with Crippen LogP contribution in [-0.2, 0) is 4.74 Å². The van der Waals surface area contributed by atoms with Crippen LogP contribution in [0.2, 0.25) is 0 Å². The van der Waals surface area contributed by atoms with Gasteiger partial charge in [-0.1, -0.05) is 24.3 Å². The minimum Gasteiger partial charge on any atom is -0.478 e. The van der Waals surface area contributed by atoms with Gasteiger partial charge in [-0.25, -0.2) is 19.2 Å². The molecule has 1 aliphatic rings. The summed E-state index contributed by atoms with van der Waals surface area (Å²) in [4.78, 5) is 42.6.